The molecule has 0 unspecified atom stereocenters. The molecule has 0 saturated carbocycles. The lowest BCUT2D eigenvalue weighted by molar-refractivity contribution is 1.48. The normalized spacial score (nSPS) is 14.1. The van der Waals surface area contributed by atoms with Crippen molar-refractivity contribution in [1.29, 1.82) is 0 Å². The minimum absolute atomic E-state index is 0.857. The monoisotopic (exact) mass is 257 g/mol. The third-order valence-corrected chi connectivity index (χ3v) is 4.02. The van der Waals surface area contributed by atoms with Gasteiger partial charge in [0.1, 0.15) is 0 Å². The fraction of sp³-hybridized carbons (Fsp3) is 0.0526. The molecular formula is C19H15N. The highest BCUT2D eigenvalue weighted by Gasteiger charge is 2.07. The summed E-state index contributed by atoms with van der Waals surface area (Å²) in [6.45, 7) is 0. The van der Waals surface area contributed by atoms with Crippen LogP contribution in [-0.4, -0.2) is 0 Å². The molecule has 3 aromatic carbocycles. The van der Waals surface area contributed by atoms with Crippen LogP contribution in [0.2, 0.25) is 0 Å². The molecule has 1 aliphatic carbocycles. The van der Waals surface area contributed by atoms with Gasteiger partial charge in [0.05, 0.1) is 0 Å². The molecule has 3 aromatic rings. The van der Waals surface area contributed by atoms with Gasteiger partial charge in [-0.05, 0) is 39.3 Å². The van der Waals surface area contributed by atoms with Gasteiger partial charge in [-0.15, -0.1) is 0 Å². The van der Waals surface area contributed by atoms with E-state index >= 15 is 0 Å². The molecule has 2 N–H and O–H groups in total. The van der Waals surface area contributed by atoms with Crippen molar-refractivity contribution in [3.8, 4) is 0 Å². The quantitative estimate of drug-likeness (QED) is 0.616. The molecule has 0 aliphatic heterocycles. The fourth-order valence-corrected chi connectivity index (χ4v) is 3.16. The highest BCUT2D eigenvalue weighted by atomic mass is 14.6. The molecular weight excluding hydrogens is 242 g/mol. The number of fused-ring (bicyclic) bond motifs is 6. The topological polar surface area (TPSA) is 26.0 Å². The maximum atomic E-state index is 6.31. The average Bonchev–Trinajstić information content (AvgIpc) is 2.70. The van der Waals surface area contributed by atoms with Gasteiger partial charge in [-0.3, -0.25) is 0 Å². The Morgan fingerprint density at radius 1 is 0.750 bits per heavy atom. The van der Waals surface area contributed by atoms with Crippen molar-refractivity contribution in [1.82, 2.24) is 0 Å². The minimum atomic E-state index is 0.857. The lowest BCUT2D eigenvalue weighted by Gasteiger charge is -2.08. The Labute approximate surface area is 117 Å². The summed E-state index contributed by atoms with van der Waals surface area (Å²) in [5.41, 5.74) is 7.17. The van der Waals surface area contributed by atoms with E-state index in [1.807, 2.05) is 6.08 Å². The Kier molecular flexibility index (Phi) is 2.40. The van der Waals surface area contributed by atoms with Crippen molar-refractivity contribution in [2.75, 3.05) is 0 Å². The average molecular weight is 257 g/mol. The van der Waals surface area contributed by atoms with E-state index in [0.717, 1.165) is 12.1 Å². The van der Waals surface area contributed by atoms with Gasteiger partial charge in [-0.1, -0.05) is 60.7 Å². The first-order valence-corrected chi connectivity index (χ1v) is 6.92. The fourth-order valence-electron chi connectivity index (χ4n) is 3.16. The molecule has 96 valence electrons. The molecule has 1 heteroatoms. The Balaban J connectivity index is 2.48. The van der Waals surface area contributed by atoms with E-state index in [-0.39, 0.29) is 0 Å². The van der Waals surface area contributed by atoms with Crippen molar-refractivity contribution in [3.05, 3.63) is 71.1 Å². The largest absolute Gasteiger partial charge is 0.398 e. The summed E-state index contributed by atoms with van der Waals surface area (Å²) in [7, 11) is 0. The van der Waals surface area contributed by atoms with Crippen LogP contribution in [0.5, 0.6) is 0 Å². The van der Waals surface area contributed by atoms with Crippen LogP contribution in [0.3, 0.4) is 0 Å². The number of hydrogen-bond acceptors (Lipinski definition) is 1. The van der Waals surface area contributed by atoms with Crippen LogP contribution in [0.1, 0.15) is 6.42 Å². The molecule has 1 aliphatic rings. The molecule has 0 atom stereocenters. The van der Waals surface area contributed by atoms with Crippen LogP contribution in [0.25, 0.3) is 33.3 Å². The van der Waals surface area contributed by atoms with Crippen molar-refractivity contribution < 1.29 is 0 Å². The van der Waals surface area contributed by atoms with E-state index < -0.39 is 0 Å². The summed E-state index contributed by atoms with van der Waals surface area (Å²) in [4.78, 5) is 0. The second-order valence-electron chi connectivity index (χ2n) is 5.18. The summed E-state index contributed by atoms with van der Waals surface area (Å²) < 4.78 is 0. The Hall–Kier alpha value is -2.54. The third-order valence-electron chi connectivity index (χ3n) is 4.02. The van der Waals surface area contributed by atoms with Gasteiger partial charge in [0.2, 0.25) is 0 Å². The molecule has 0 fully saturated rings. The Morgan fingerprint density at radius 2 is 1.35 bits per heavy atom. The second-order valence-corrected chi connectivity index (χ2v) is 5.18. The van der Waals surface area contributed by atoms with Crippen LogP contribution < -0.4 is 16.2 Å². The number of rotatable bonds is 0. The summed E-state index contributed by atoms with van der Waals surface area (Å²) in [5, 5.41) is 7.53. The SMILES string of the molecule is NC1=c2c(c3ccccc3c3ccccc23)=CCC=C1. The van der Waals surface area contributed by atoms with E-state index in [2.05, 4.69) is 60.7 Å². The summed E-state index contributed by atoms with van der Waals surface area (Å²) in [6.07, 6.45) is 7.36. The van der Waals surface area contributed by atoms with Gasteiger partial charge in [-0.25, -0.2) is 0 Å². The van der Waals surface area contributed by atoms with Crippen LogP contribution in [0.4, 0.5) is 0 Å². The Morgan fingerprint density at radius 3 is 2.10 bits per heavy atom. The molecule has 0 spiro atoms. The highest BCUT2D eigenvalue weighted by Crippen LogP contribution is 2.20. The van der Waals surface area contributed by atoms with Crippen molar-refractivity contribution in [3.63, 3.8) is 0 Å². The van der Waals surface area contributed by atoms with Gasteiger partial charge in [0.15, 0.2) is 0 Å². The van der Waals surface area contributed by atoms with E-state index in [1.165, 1.54) is 32.0 Å². The maximum absolute atomic E-state index is 6.31. The maximum Gasteiger partial charge on any atom is 0.0397 e. The summed E-state index contributed by atoms with van der Waals surface area (Å²) in [5.74, 6) is 0. The first-order chi connectivity index (χ1) is 9.86. The molecule has 20 heavy (non-hydrogen) atoms. The molecule has 0 heterocycles. The molecule has 0 radical (unpaired) electrons. The summed E-state index contributed by atoms with van der Waals surface area (Å²) in [6, 6.07) is 17.1. The molecule has 4 rings (SSSR count). The number of benzene rings is 3. The zero-order chi connectivity index (χ0) is 13.5. The van der Waals surface area contributed by atoms with E-state index in [4.69, 9.17) is 5.73 Å². The predicted molar refractivity (Wildman–Crippen MR) is 86.5 cm³/mol. The molecule has 1 nitrogen and oxygen atoms in total. The number of nitrogens with two attached hydrogens (primary N) is 1. The van der Waals surface area contributed by atoms with E-state index in [9.17, 15) is 0 Å². The highest BCUT2D eigenvalue weighted by molar-refractivity contribution is 6.08. The lowest BCUT2D eigenvalue weighted by atomic mass is 9.97. The molecule has 0 amide bonds. The van der Waals surface area contributed by atoms with Gasteiger partial charge in [-0.2, -0.15) is 0 Å². The molecule has 0 aromatic heterocycles. The van der Waals surface area contributed by atoms with Crippen LogP contribution in [0.15, 0.2) is 60.7 Å². The van der Waals surface area contributed by atoms with E-state index in [1.54, 1.807) is 0 Å². The van der Waals surface area contributed by atoms with Crippen LogP contribution in [-0.2, 0) is 0 Å². The first-order valence-electron chi connectivity index (χ1n) is 6.92. The zero-order valence-corrected chi connectivity index (χ0v) is 11.1. The van der Waals surface area contributed by atoms with E-state index in [0.29, 0.717) is 0 Å². The molecule has 0 saturated heterocycles. The van der Waals surface area contributed by atoms with Crippen molar-refractivity contribution in [2.45, 2.75) is 6.42 Å². The standard InChI is InChI=1S/C19H15N/c20-18-12-6-5-11-17-14-8-2-1-7-13(14)15-9-3-4-10-16(15)19(17)18/h1-4,6-12H,5,20H2. The van der Waals surface area contributed by atoms with Gasteiger partial charge >= 0.3 is 0 Å². The number of allylic oxidation sites excluding steroid dienone is 1. The zero-order valence-electron chi connectivity index (χ0n) is 11.1. The third kappa shape index (κ3) is 1.50. The summed E-state index contributed by atoms with van der Waals surface area (Å²) >= 11 is 0. The molecule has 0 bridgehead atoms. The van der Waals surface area contributed by atoms with Crippen molar-refractivity contribution >= 4 is 33.3 Å². The van der Waals surface area contributed by atoms with Gasteiger partial charge < -0.3 is 5.73 Å². The van der Waals surface area contributed by atoms with Crippen molar-refractivity contribution in [2.24, 2.45) is 5.73 Å². The smallest absolute Gasteiger partial charge is 0.0397 e. The second kappa shape index (κ2) is 4.24. The Bertz CT molecular complexity index is 978. The van der Waals surface area contributed by atoms with Gasteiger partial charge in [0, 0.05) is 10.9 Å². The van der Waals surface area contributed by atoms with Gasteiger partial charge in [0.25, 0.3) is 0 Å². The lowest BCUT2D eigenvalue weighted by Crippen LogP contribution is -2.30. The first kappa shape index (κ1) is 11.3. The predicted octanol–water partition coefficient (Wildman–Crippen LogP) is 2.80. The number of hydrogen-bond donors (Lipinski definition) is 1. The minimum Gasteiger partial charge on any atom is -0.398 e. The van der Waals surface area contributed by atoms with Crippen LogP contribution >= 0.6 is 0 Å². The van der Waals surface area contributed by atoms with Crippen LogP contribution in [0, 0.1) is 0 Å².